The van der Waals surface area contributed by atoms with E-state index in [-0.39, 0.29) is 24.0 Å². The van der Waals surface area contributed by atoms with Crippen molar-refractivity contribution < 1.29 is 4.74 Å². The van der Waals surface area contributed by atoms with Crippen molar-refractivity contribution in [3.63, 3.8) is 0 Å². The van der Waals surface area contributed by atoms with Crippen molar-refractivity contribution in [3.8, 4) is 0 Å². The van der Waals surface area contributed by atoms with Crippen molar-refractivity contribution in [2.24, 2.45) is 16.8 Å². The minimum Gasteiger partial charge on any atom is -0.381 e. The molecule has 2 rings (SSSR count). The summed E-state index contributed by atoms with van der Waals surface area (Å²) in [5.74, 6) is 2.20. The molecule has 0 aromatic heterocycles. The number of ether oxygens (including phenoxy) is 1. The van der Waals surface area contributed by atoms with Gasteiger partial charge >= 0.3 is 0 Å². The van der Waals surface area contributed by atoms with Crippen LogP contribution in [0.15, 0.2) is 33.7 Å². The van der Waals surface area contributed by atoms with Gasteiger partial charge in [0.05, 0.1) is 6.61 Å². The third-order valence-electron chi connectivity index (χ3n) is 4.74. The van der Waals surface area contributed by atoms with Gasteiger partial charge in [0.15, 0.2) is 5.96 Å². The fourth-order valence-electron chi connectivity index (χ4n) is 3.22. The van der Waals surface area contributed by atoms with Gasteiger partial charge < -0.3 is 15.0 Å². The minimum atomic E-state index is 0. The highest BCUT2D eigenvalue weighted by molar-refractivity contribution is 14.0. The molecule has 1 N–H and O–H groups in total. The Hall–Kier alpha value is -0.340. The number of benzene rings is 1. The average molecular weight is 538 g/mol. The molecule has 4 nitrogen and oxygen atoms in total. The van der Waals surface area contributed by atoms with Crippen LogP contribution in [0.1, 0.15) is 32.3 Å². The molecular formula is C20H33BrIN3O. The summed E-state index contributed by atoms with van der Waals surface area (Å²) in [6.45, 7) is 8.92. The Kier molecular flexibility index (Phi) is 11.8. The lowest BCUT2D eigenvalue weighted by molar-refractivity contribution is 0.181. The van der Waals surface area contributed by atoms with Crippen LogP contribution >= 0.6 is 39.9 Å². The van der Waals surface area contributed by atoms with E-state index in [4.69, 9.17) is 9.73 Å². The fourth-order valence-corrected chi connectivity index (χ4v) is 3.67. The molecule has 0 spiro atoms. The lowest BCUT2D eigenvalue weighted by Gasteiger charge is -2.25. The SMILES string of the molecule is CCNC(=NCC(CC)Cc1cccc(Br)c1)N(C)CC1CCOC1.I. The molecule has 2 atom stereocenters. The number of rotatable bonds is 8. The molecule has 1 aliphatic rings. The number of nitrogens with one attached hydrogen (secondary N) is 1. The Bertz CT molecular complexity index is 550. The number of nitrogens with zero attached hydrogens (tertiary/aromatic N) is 2. The van der Waals surface area contributed by atoms with Gasteiger partial charge in [-0.15, -0.1) is 24.0 Å². The Morgan fingerprint density at radius 2 is 2.23 bits per heavy atom. The zero-order valence-electron chi connectivity index (χ0n) is 16.2. The van der Waals surface area contributed by atoms with Crippen LogP contribution in [-0.2, 0) is 11.2 Å². The van der Waals surface area contributed by atoms with Crippen molar-refractivity contribution in [2.75, 3.05) is 39.9 Å². The van der Waals surface area contributed by atoms with E-state index in [1.165, 1.54) is 5.56 Å². The highest BCUT2D eigenvalue weighted by Crippen LogP contribution is 2.18. The smallest absolute Gasteiger partial charge is 0.193 e. The number of aliphatic imine (C=N–C) groups is 1. The third-order valence-corrected chi connectivity index (χ3v) is 5.24. The number of halogens is 2. The van der Waals surface area contributed by atoms with E-state index in [0.717, 1.165) is 62.5 Å². The van der Waals surface area contributed by atoms with Gasteiger partial charge in [0.2, 0.25) is 0 Å². The molecule has 0 bridgehead atoms. The van der Waals surface area contributed by atoms with Gasteiger partial charge in [-0.25, -0.2) is 0 Å². The second-order valence-corrected chi connectivity index (χ2v) is 7.83. The average Bonchev–Trinajstić information content (AvgIpc) is 3.10. The molecule has 26 heavy (non-hydrogen) atoms. The summed E-state index contributed by atoms with van der Waals surface area (Å²) in [5, 5.41) is 3.44. The lowest BCUT2D eigenvalue weighted by Crippen LogP contribution is -2.41. The predicted molar refractivity (Wildman–Crippen MR) is 125 cm³/mol. The van der Waals surface area contributed by atoms with E-state index in [1.54, 1.807) is 0 Å². The van der Waals surface area contributed by atoms with Crippen molar-refractivity contribution in [2.45, 2.75) is 33.1 Å². The summed E-state index contributed by atoms with van der Waals surface area (Å²) in [5.41, 5.74) is 1.37. The zero-order chi connectivity index (χ0) is 18.1. The highest BCUT2D eigenvalue weighted by atomic mass is 127. The normalized spacial score (nSPS) is 18.3. The standard InChI is InChI=1S/C20H32BrN3O.HI/c1-4-16(11-17-7-6-8-19(21)12-17)13-23-20(22-5-2)24(3)14-18-9-10-25-15-18;/h6-8,12,16,18H,4-5,9-11,13-15H2,1-3H3,(H,22,23);1H. The van der Waals surface area contributed by atoms with E-state index in [2.05, 4.69) is 71.3 Å². The van der Waals surface area contributed by atoms with Gasteiger partial charge in [0.25, 0.3) is 0 Å². The van der Waals surface area contributed by atoms with Crippen LogP contribution in [0.5, 0.6) is 0 Å². The van der Waals surface area contributed by atoms with Crippen LogP contribution in [0.25, 0.3) is 0 Å². The van der Waals surface area contributed by atoms with E-state index >= 15 is 0 Å². The third kappa shape index (κ3) is 8.13. The maximum absolute atomic E-state index is 5.50. The van der Waals surface area contributed by atoms with Gasteiger partial charge in [-0.3, -0.25) is 4.99 Å². The Labute approximate surface area is 184 Å². The highest BCUT2D eigenvalue weighted by Gasteiger charge is 2.19. The summed E-state index contributed by atoms with van der Waals surface area (Å²) in [7, 11) is 2.13. The van der Waals surface area contributed by atoms with Crippen LogP contribution in [0.2, 0.25) is 0 Å². The molecule has 1 aromatic rings. The summed E-state index contributed by atoms with van der Waals surface area (Å²) < 4.78 is 6.65. The molecule has 6 heteroatoms. The molecule has 0 saturated carbocycles. The van der Waals surface area contributed by atoms with Crippen molar-refractivity contribution in [1.29, 1.82) is 0 Å². The molecule has 0 radical (unpaired) electrons. The molecule has 1 fully saturated rings. The first-order valence-electron chi connectivity index (χ1n) is 9.44. The summed E-state index contributed by atoms with van der Waals surface area (Å²) in [6, 6.07) is 8.60. The second-order valence-electron chi connectivity index (χ2n) is 6.91. The molecule has 2 unspecified atom stereocenters. The first-order valence-corrected chi connectivity index (χ1v) is 10.2. The molecule has 1 saturated heterocycles. The fraction of sp³-hybridized carbons (Fsp3) is 0.650. The second kappa shape index (κ2) is 12.9. The topological polar surface area (TPSA) is 36.9 Å². The van der Waals surface area contributed by atoms with Gasteiger partial charge in [-0.1, -0.05) is 41.4 Å². The van der Waals surface area contributed by atoms with Gasteiger partial charge in [0, 0.05) is 43.7 Å². The van der Waals surface area contributed by atoms with E-state index in [0.29, 0.717) is 11.8 Å². The molecular weight excluding hydrogens is 505 g/mol. The molecule has 1 aromatic carbocycles. The van der Waals surface area contributed by atoms with Gasteiger partial charge in [-0.2, -0.15) is 0 Å². The Morgan fingerprint density at radius 3 is 2.85 bits per heavy atom. The summed E-state index contributed by atoms with van der Waals surface area (Å²) >= 11 is 3.56. The molecule has 148 valence electrons. The molecule has 0 aliphatic carbocycles. The Morgan fingerprint density at radius 1 is 1.42 bits per heavy atom. The molecule has 1 aliphatic heterocycles. The number of hydrogen-bond donors (Lipinski definition) is 1. The quantitative estimate of drug-likeness (QED) is 0.300. The van der Waals surface area contributed by atoms with E-state index in [1.807, 2.05) is 0 Å². The van der Waals surface area contributed by atoms with E-state index < -0.39 is 0 Å². The van der Waals surface area contributed by atoms with Crippen LogP contribution in [0, 0.1) is 11.8 Å². The van der Waals surface area contributed by atoms with Crippen molar-refractivity contribution in [1.82, 2.24) is 10.2 Å². The van der Waals surface area contributed by atoms with Crippen LogP contribution in [0.4, 0.5) is 0 Å². The molecule has 1 heterocycles. The van der Waals surface area contributed by atoms with Crippen LogP contribution in [-0.4, -0.2) is 50.8 Å². The first kappa shape index (κ1) is 23.7. The minimum absolute atomic E-state index is 0. The van der Waals surface area contributed by atoms with Gasteiger partial charge in [0.1, 0.15) is 0 Å². The number of guanidine groups is 1. The Balaban J connectivity index is 0.00000338. The van der Waals surface area contributed by atoms with Crippen LogP contribution in [0.3, 0.4) is 0 Å². The zero-order valence-corrected chi connectivity index (χ0v) is 20.1. The maximum Gasteiger partial charge on any atom is 0.193 e. The van der Waals surface area contributed by atoms with Crippen molar-refractivity contribution >= 4 is 45.9 Å². The first-order chi connectivity index (χ1) is 12.1. The lowest BCUT2D eigenvalue weighted by atomic mass is 9.97. The largest absolute Gasteiger partial charge is 0.381 e. The van der Waals surface area contributed by atoms with Gasteiger partial charge in [-0.05, 0) is 43.4 Å². The monoisotopic (exact) mass is 537 g/mol. The van der Waals surface area contributed by atoms with Crippen LogP contribution < -0.4 is 5.32 Å². The van der Waals surface area contributed by atoms with Crippen molar-refractivity contribution in [3.05, 3.63) is 34.3 Å². The summed E-state index contributed by atoms with van der Waals surface area (Å²) in [4.78, 5) is 7.18. The number of hydrogen-bond acceptors (Lipinski definition) is 2. The predicted octanol–water partition coefficient (Wildman–Crippen LogP) is 4.57. The van der Waals surface area contributed by atoms with E-state index in [9.17, 15) is 0 Å². The summed E-state index contributed by atoms with van der Waals surface area (Å²) in [6.07, 6.45) is 3.36. The maximum atomic E-state index is 5.50. The molecule has 0 amide bonds.